The lowest BCUT2D eigenvalue weighted by molar-refractivity contribution is 0.397. The van der Waals surface area contributed by atoms with Crippen molar-refractivity contribution in [3.63, 3.8) is 0 Å². The highest BCUT2D eigenvalue weighted by Crippen LogP contribution is 2.17. The molecule has 2 aromatic rings. The van der Waals surface area contributed by atoms with Gasteiger partial charge >= 0.3 is 0 Å². The zero-order chi connectivity index (χ0) is 14.6. The van der Waals surface area contributed by atoms with Crippen molar-refractivity contribution in [2.75, 3.05) is 11.8 Å². The predicted octanol–water partition coefficient (Wildman–Crippen LogP) is 2.08. The number of anilines is 1. The quantitative estimate of drug-likeness (QED) is 0.855. The van der Waals surface area contributed by atoms with Crippen LogP contribution in [0.2, 0.25) is 5.15 Å². The number of sulfonamides is 1. The molecule has 106 valence electrons. The Morgan fingerprint density at radius 2 is 1.95 bits per heavy atom. The zero-order valence-corrected chi connectivity index (χ0v) is 12.1. The first-order chi connectivity index (χ1) is 9.48. The number of methoxy groups -OCH3 is 1. The molecule has 1 N–H and O–H groups in total. The van der Waals surface area contributed by atoms with Crippen LogP contribution in [0.3, 0.4) is 0 Å². The third kappa shape index (κ3) is 4.07. The zero-order valence-electron chi connectivity index (χ0n) is 10.6. The van der Waals surface area contributed by atoms with Crippen LogP contribution in [0.15, 0.2) is 36.4 Å². The van der Waals surface area contributed by atoms with Gasteiger partial charge in [-0.25, -0.2) is 13.4 Å². The summed E-state index contributed by atoms with van der Waals surface area (Å²) in [6.45, 7) is 0. The van der Waals surface area contributed by atoms with Gasteiger partial charge in [0.05, 0.1) is 12.9 Å². The molecule has 0 aliphatic heterocycles. The highest BCUT2D eigenvalue weighted by Gasteiger charge is 2.14. The molecule has 0 saturated heterocycles. The van der Waals surface area contributed by atoms with E-state index in [1.54, 1.807) is 24.3 Å². The van der Waals surface area contributed by atoms with Crippen molar-refractivity contribution in [2.24, 2.45) is 0 Å². The summed E-state index contributed by atoms with van der Waals surface area (Å²) in [7, 11) is -2.21. The van der Waals surface area contributed by atoms with Crippen molar-refractivity contribution in [2.45, 2.75) is 5.75 Å². The molecule has 1 aromatic heterocycles. The van der Waals surface area contributed by atoms with E-state index in [0.717, 1.165) is 0 Å². The van der Waals surface area contributed by atoms with Gasteiger partial charge in [0.25, 0.3) is 0 Å². The third-order valence-corrected chi connectivity index (χ3v) is 3.73. The average molecular weight is 314 g/mol. The number of hydrogen-bond donors (Lipinski definition) is 1. The molecule has 6 nitrogen and oxygen atoms in total. The van der Waals surface area contributed by atoms with Crippen molar-refractivity contribution in [1.29, 1.82) is 0 Å². The SMILES string of the molecule is COc1cc(Cl)nc(NS(=O)(=O)Cc2ccccc2)n1. The third-order valence-electron chi connectivity index (χ3n) is 2.33. The molecule has 0 spiro atoms. The summed E-state index contributed by atoms with van der Waals surface area (Å²) < 4.78 is 31.2. The van der Waals surface area contributed by atoms with E-state index in [4.69, 9.17) is 16.3 Å². The summed E-state index contributed by atoms with van der Waals surface area (Å²) in [5.41, 5.74) is 0.661. The molecule has 0 unspecified atom stereocenters. The van der Waals surface area contributed by atoms with Gasteiger partial charge in [0, 0.05) is 6.07 Å². The maximum absolute atomic E-state index is 12.0. The van der Waals surface area contributed by atoms with E-state index < -0.39 is 10.0 Å². The monoisotopic (exact) mass is 313 g/mol. The van der Waals surface area contributed by atoms with Gasteiger partial charge in [-0.1, -0.05) is 41.9 Å². The van der Waals surface area contributed by atoms with Crippen LogP contribution in [-0.2, 0) is 15.8 Å². The molecule has 0 amide bonds. The number of hydrogen-bond acceptors (Lipinski definition) is 5. The summed E-state index contributed by atoms with van der Waals surface area (Å²) in [6, 6.07) is 10.2. The highest BCUT2D eigenvalue weighted by atomic mass is 35.5. The van der Waals surface area contributed by atoms with Gasteiger partial charge in [-0.05, 0) is 5.56 Å². The van der Waals surface area contributed by atoms with Crippen LogP contribution in [0, 0.1) is 0 Å². The van der Waals surface area contributed by atoms with Crippen molar-refractivity contribution < 1.29 is 13.2 Å². The first kappa shape index (κ1) is 14.5. The summed E-state index contributed by atoms with van der Waals surface area (Å²) >= 11 is 5.75. The number of aromatic nitrogens is 2. The fraction of sp³-hybridized carbons (Fsp3) is 0.167. The molecule has 20 heavy (non-hydrogen) atoms. The Morgan fingerprint density at radius 3 is 2.60 bits per heavy atom. The fourth-order valence-corrected chi connectivity index (χ4v) is 2.76. The lowest BCUT2D eigenvalue weighted by Gasteiger charge is -2.08. The Hall–Kier alpha value is -1.86. The van der Waals surface area contributed by atoms with Crippen molar-refractivity contribution in [1.82, 2.24) is 9.97 Å². The Labute approximate surface area is 121 Å². The first-order valence-corrected chi connectivity index (χ1v) is 7.64. The van der Waals surface area contributed by atoms with E-state index in [1.165, 1.54) is 13.2 Å². The number of nitrogens with one attached hydrogen (secondary N) is 1. The molecule has 0 atom stereocenters. The second-order valence-electron chi connectivity index (χ2n) is 3.90. The lowest BCUT2D eigenvalue weighted by Crippen LogP contribution is -2.17. The van der Waals surface area contributed by atoms with Gasteiger partial charge in [0.15, 0.2) is 0 Å². The molecular weight excluding hydrogens is 302 g/mol. The Bertz CT molecular complexity index is 692. The molecule has 1 heterocycles. The van der Waals surface area contributed by atoms with Gasteiger partial charge in [-0.3, -0.25) is 4.72 Å². The van der Waals surface area contributed by atoms with Gasteiger partial charge < -0.3 is 4.74 Å². The van der Waals surface area contributed by atoms with Crippen LogP contribution < -0.4 is 9.46 Å². The smallest absolute Gasteiger partial charge is 0.241 e. The largest absolute Gasteiger partial charge is 0.481 e. The summed E-state index contributed by atoms with van der Waals surface area (Å²) in [4.78, 5) is 7.66. The number of halogens is 1. The van der Waals surface area contributed by atoms with Crippen LogP contribution in [0.4, 0.5) is 5.95 Å². The number of rotatable bonds is 5. The maximum Gasteiger partial charge on any atom is 0.241 e. The van der Waals surface area contributed by atoms with Crippen LogP contribution >= 0.6 is 11.6 Å². The van der Waals surface area contributed by atoms with Gasteiger partial charge in [0.1, 0.15) is 5.15 Å². The lowest BCUT2D eigenvalue weighted by atomic mass is 10.2. The summed E-state index contributed by atoms with van der Waals surface area (Å²) in [6.07, 6.45) is 0. The van der Waals surface area contributed by atoms with Crippen LogP contribution in [-0.4, -0.2) is 25.5 Å². The van der Waals surface area contributed by atoms with E-state index in [9.17, 15) is 8.42 Å². The van der Waals surface area contributed by atoms with E-state index in [-0.39, 0.29) is 22.7 Å². The van der Waals surface area contributed by atoms with Crippen LogP contribution in [0.25, 0.3) is 0 Å². The van der Waals surface area contributed by atoms with E-state index in [0.29, 0.717) is 5.56 Å². The average Bonchev–Trinajstić information content (AvgIpc) is 2.37. The molecule has 0 radical (unpaired) electrons. The highest BCUT2D eigenvalue weighted by molar-refractivity contribution is 7.91. The number of ether oxygens (including phenoxy) is 1. The number of benzene rings is 1. The molecule has 0 bridgehead atoms. The normalized spacial score (nSPS) is 11.1. The molecule has 1 aromatic carbocycles. The van der Waals surface area contributed by atoms with E-state index in [1.807, 2.05) is 6.07 Å². The minimum Gasteiger partial charge on any atom is -0.481 e. The standard InChI is InChI=1S/C12H12ClN3O3S/c1-19-11-7-10(13)14-12(15-11)16-20(17,18)8-9-5-3-2-4-6-9/h2-7H,8H2,1H3,(H,14,15,16). The molecule has 8 heteroatoms. The molecule has 0 saturated carbocycles. The van der Waals surface area contributed by atoms with E-state index in [2.05, 4.69) is 14.7 Å². The molecule has 0 aliphatic carbocycles. The minimum atomic E-state index is -3.62. The van der Waals surface area contributed by atoms with Gasteiger partial charge in [0.2, 0.25) is 21.9 Å². The maximum atomic E-state index is 12.0. The van der Waals surface area contributed by atoms with E-state index >= 15 is 0 Å². The topological polar surface area (TPSA) is 81.2 Å². The Morgan fingerprint density at radius 1 is 1.25 bits per heavy atom. The minimum absolute atomic E-state index is 0.0919. The predicted molar refractivity (Wildman–Crippen MR) is 76.3 cm³/mol. The summed E-state index contributed by atoms with van der Waals surface area (Å²) in [5.74, 6) is -0.112. The number of nitrogens with zero attached hydrogens (tertiary/aromatic N) is 2. The van der Waals surface area contributed by atoms with Crippen molar-refractivity contribution in [3.05, 3.63) is 47.1 Å². The second kappa shape index (κ2) is 6.06. The first-order valence-electron chi connectivity index (χ1n) is 5.61. The van der Waals surface area contributed by atoms with Gasteiger partial charge in [-0.15, -0.1) is 0 Å². The molecule has 2 rings (SSSR count). The Kier molecular flexibility index (Phi) is 4.41. The Balaban J connectivity index is 2.18. The van der Waals surface area contributed by atoms with Crippen molar-refractivity contribution >= 4 is 27.6 Å². The fourth-order valence-electron chi connectivity index (χ4n) is 1.52. The molecule has 0 aliphatic rings. The van der Waals surface area contributed by atoms with Crippen LogP contribution in [0.5, 0.6) is 5.88 Å². The van der Waals surface area contributed by atoms with Gasteiger partial charge in [-0.2, -0.15) is 4.98 Å². The van der Waals surface area contributed by atoms with Crippen molar-refractivity contribution in [3.8, 4) is 5.88 Å². The van der Waals surface area contributed by atoms with Crippen LogP contribution in [0.1, 0.15) is 5.56 Å². The summed E-state index contributed by atoms with van der Waals surface area (Å²) in [5, 5.41) is 0.0919. The molecular formula is C12H12ClN3O3S. The molecule has 0 fully saturated rings. The second-order valence-corrected chi connectivity index (χ2v) is 6.01.